The SMILES string of the molecule is c1cc(-c2nc(-c3ccncc3)cc(-c3ccncc3)n2)cc(-n2c3ccccc3c3c(-c4cccc5c4c4ccccc4n5-c4cccc(-c5nc(-c6ccncc6)cc(-c6ccncc6)n5)c4)cccc32)c1. The second-order valence-corrected chi connectivity index (χ2v) is 18.1. The number of para-hydroxylation sites is 2. The number of hydrogen-bond acceptors (Lipinski definition) is 8. The second-order valence-electron chi connectivity index (χ2n) is 18.1. The molecule has 0 aliphatic rings. The lowest BCUT2D eigenvalue weighted by Crippen LogP contribution is -1.98. The third-order valence-corrected chi connectivity index (χ3v) is 13.8. The van der Waals surface area contributed by atoms with E-state index in [1.54, 1.807) is 49.6 Å². The Balaban J connectivity index is 0.921. The Kier molecular flexibility index (Phi) is 10.2. The molecule has 14 aromatic rings. The third kappa shape index (κ3) is 7.36. The van der Waals surface area contributed by atoms with Crippen LogP contribution in [0.2, 0.25) is 0 Å². The van der Waals surface area contributed by atoms with Crippen LogP contribution >= 0.6 is 0 Å². The van der Waals surface area contributed by atoms with E-state index in [1.165, 1.54) is 10.8 Å². The van der Waals surface area contributed by atoms with Gasteiger partial charge in [0.2, 0.25) is 0 Å². The van der Waals surface area contributed by atoms with Crippen molar-refractivity contribution in [3.8, 4) is 90.3 Å². The highest BCUT2D eigenvalue weighted by molar-refractivity contribution is 6.22. The minimum atomic E-state index is 0.628. The molecule has 10 nitrogen and oxygen atoms in total. The first-order valence-corrected chi connectivity index (χ1v) is 24.4. The van der Waals surface area contributed by atoms with E-state index in [9.17, 15) is 0 Å². The number of hydrogen-bond donors (Lipinski definition) is 0. The summed E-state index contributed by atoms with van der Waals surface area (Å²) in [5, 5.41) is 4.67. The van der Waals surface area contributed by atoms with Crippen LogP contribution in [0.15, 0.2) is 244 Å². The van der Waals surface area contributed by atoms with Crippen LogP contribution in [0.3, 0.4) is 0 Å². The zero-order valence-corrected chi connectivity index (χ0v) is 39.6. The molecular formula is C64H40N10. The predicted octanol–water partition coefficient (Wildman–Crippen LogP) is 14.7. The zero-order chi connectivity index (χ0) is 49.0. The Bertz CT molecular complexity index is 4020. The lowest BCUT2D eigenvalue weighted by Gasteiger charge is -2.13. The fraction of sp³-hybridized carbons (Fsp3) is 0. The smallest absolute Gasteiger partial charge is 0.160 e. The van der Waals surface area contributed by atoms with Crippen LogP contribution in [0.25, 0.3) is 134 Å². The number of fused-ring (bicyclic) bond motifs is 6. The van der Waals surface area contributed by atoms with E-state index < -0.39 is 0 Å². The molecule has 14 rings (SSSR count). The Morgan fingerprint density at radius 3 is 0.946 bits per heavy atom. The van der Waals surface area contributed by atoms with Crippen molar-refractivity contribution < 1.29 is 0 Å². The van der Waals surface area contributed by atoms with Crippen LogP contribution < -0.4 is 0 Å². The van der Waals surface area contributed by atoms with Gasteiger partial charge in [-0.25, -0.2) is 19.9 Å². The number of nitrogens with zero attached hydrogens (tertiary/aromatic N) is 10. The predicted molar refractivity (Wildman–Crippen MR) is 296 cm³/mol. The van der Waals surface area contributed by atoms with E-state index in [1.807, 2.05) is 60.7 Å². The number of aromatic nitrogens is 10. The summed E-state index contributed by atoms with van der Waals surface area (Å²) in [4.78, 5) is 37.6. The summed E-state index contributed by atoms with van der Waals surface area (Å²) in [6.45, 7) is 0. The van der Waals surface area contributed by atoms with Gasteiger partial charge in [-0.05, 0) is 120 Å². The topological polar surface area (TPSA) is 113 Å². The van der Waals surface area contributed by atoms with E-state index in [0.717, 1.165) is 111 Å². The summed E-state index contributed by atoms with van der Waals surface area (Å²) < 4.78 is 4.74. The van der Waals surface area contributed by atoms with Crippen LogP contribution in [-0.4, -0.2) is 49.0 Å². The molecule has 0 aliphatic heterocycles. The van der Waals surface area contributed by atoms with E-state index in [-0.39, 0.29) is 0 Å². The Morgan fingerprint density at radius 1 is 0.257 bits per heavy atom. The molecule has 0 N–H and O–H groups in total. The van der Waals surface area contributed by atoms with Gasteiger partial charge in [0.25, 0.3) is 0 Å². The summed E-state index contributed by atoms with van der Waals surface area (Å²) >= 11 is 0. The van der Waals surface area contributed by atoms with E-state index >= 15 is 0 Å². The van der Waals surface area contributed by atoms with Gasteiger partial charge in [-0.2, -0.15) is 0 Å². The van der Waals surface area contributed by atoms with Gasteiger partial charge in [-0.3, -0.25) is 19.9 Å². The summed E-state index contributed by atoms with van der Waals surface area (Å²) in [7, 11) is 0. The standard InChI is InChI=1S/C64H40N10/c1-3-17-57-51(13-1)61-49(15-7-19-59(61)73(57)47-11-5-9-45(37-47)63-69-53(41-21-29-65-30-22-41)39-54(70-63)42-23-31-66-32-24-42)50-16-8-20-60-62(50)52-14-2-4-18-58(52)74(60)48-12-6-10-46(38-48)64-71-55(43-25-33-67-34-26-43)40-56(72-64)44-27-35-68-36-28-44/h1-40H. The Labute approximate surface area is 424 Å². The fourth-order valence-corrected chi connectivity index (χ4v) is 10.4. The molecule has 0 aliphatic carbocycles. The molecule has 6 aromatic carbocycles. The molecule has 8 heterocycles. The van der Waals surface area contributed by atoms with Gasteiger partial charge in [-0.15, -0.1) is 0 Å². The number of pyridine rings is 4. The maximum Gasteiger partial charge on any atom is 0.160 e. The Hall–Kier alpha value is -10.3. The summed E-state index contributed by atoms with van der Waals surface area (Å²) in [5.74, 6) is 1.26. The molecule has 0 radical (unpaired) electrons. The van der Waals surface area contributed by atoms with Gasteiger partial charge in [0.15, 0.2) is 11.6 Å². The maximum absolute atomic E-state index is 5.15. The van der Waals surface area contributed by atoms with Crippen molar-refractivity contribution in [2.75, 3.05) is 0 Å². The van der Waals surface area contributed by atoms with Crippen LogP contribution in [0, 0.1) is 0 Å². The number of rotatable bonds is 9. The van der Waals surface area contributed by atoms with Crippen molar-refractivity contribution in [3.63, 3.8) is 0 Å². The van der Waals surface area contributed by atoms with Gasteiger partial charge in [0.05, 0.1) is 44.8 Å². The molecule has 74 heavy (non-hydrogen) atoms. The molecule has 8 aromatic heterocycles. The lowest BCUT2D eigenvalue weighted by molar-refractivity contribution is 1.15. The first kappa shape index (κ1) is 42.5. The molecule has 0 fully saturated rings. The molecule has 0 saturated heterocycles. The average molecular weight is 949 g/mol. The van der Waals surface area contributed by atoms with E-state index in [0.29, 0.717) is 11.6 Å². The van der Waals surface area contributed by atoms with Crippen molar-refractivity contribution in [2.45, 2.75) is 0 Å². The summed E-state index contributed by atoms with van der Waals surface area (Å²) in [5.41, 5.74) is 17.6. The highest BCUT2D eigenvalue weighted by Crippen LogP contribution is 2.44. The molecule has 0 atom stereocenters. The van der Waals surface area contributed by atoms with Crippen LogP contribution in [0.4, 0.5) is 0 Å². The first-order chi connectivity index (χ1) is 36.7. The van der Waals surface area contributed by atoms with E-state index in [2.05, 4.69) is 163 Å². The molecule has 0 saturated carbocycles. The highest BCUT2D eigenvalue weighted by Gasteiger charge is 2.22. The van der Waals surface area contributed by atoms with Crippen LogP contribution in [0.5, 0.6) is 0 Å². The van der Waals surface area contributed by atoms with Crippen LogP contribution in [0.1, 0.15) is 0 Å². The van der Waals surface area contributed by atoms with Gasteiger partial charge in [0, 0.05) is 116 Å². The van der Waals surface area contributed by atoms with Gasteiger partial charge >= 0.3 is 0 Å². The molecule has 0 unspecified atom stereocenters. The molecule has 346 valence electrons. The third-order valence-electron chi connectivity index (χ3n) is 13.8. The van der Waals surface area contributed by atoms with Crippen molar-refractivity contribution in [3.05, 3.63) is 244 Å². The quantitative estimate of drug-likeness (QED) is 0.141. The molecule has 0 bridgehead atoms. The van der Waals surface area contributed by atoms with Crippen molar-refractivity contribution in [1.82, 2.24) is 49.0 Å². The van der Waals surface area contributed by atoms with Gasteiger partial charge in [0.1, 0.15) is 0 Å². The first-order valence-electron chi connectivity index (χ1n) is 24.4. The lowest BCUT2D eigenvalue weighted by atomic mass is 9.95. The zero-order valence-electron chi connectivity index (χ0n) is 39.6. The largest absolute Gasteiger partial charge is 0.309 e. The van der Waals surface area contributed by atoms with Crippen molar-refractivity contribution >= 4 is 43.6 Å². The summed E-state index contributed by atoms with van der Waals surface area (Å²) in [6, 6.07) is 67.7. The van der Waals surface area contributed by atoms with Crippen molar-refractivity contribution in [1.29, 1.82) is 0 Å². The molecule has 0 amide bonds. The number of benzene rings is 6. The van der Waals surface area contributed by atoms with E-state index in [4.69, 9.17) is 19.9 Å². The monoisotopic (exact) mass is 948 g/mol. The molecule has 10 heteroatoms. The van der Waals surface area contributed by atoms with Crippen molar-refractivity contribution in [2.24, 2.45) is 0 Å². The second kappa shape index (κ2) is 17.8. The van der Waals surface area contributed by atoms with Gasteiger partial charge in [-0.1, -0.05) is 84.9 Å². The fourth-order valence-electron chi connectivity index (χ4n) is 10.4. The molecular weight excluding hydrogens is 909 g/mol. The van der Waals surface area contributed by atoms with Gasteiger partial charge < -0.3 is 9.13 Å². The van der Waals surface area contributed by atoms with Crippen LogP contribution in [-0.2, 0) is 0 Å². The Morgan fingerprint density at radius 2 is 0.581 bits per heavy atom. The maximum atomic E-state index is 5.15. The average Bonchev–Trinajstić information content (AvgIpc) is 4.04. The minimum absolute atomic E-state index is 0.628. The minimum Gasteiger partial charge on any atom is -0.309 e. The highest BCUT2D eigenvalue weighted by atomic mass is 15.0. The normalized spacial score (nSPS) is 11.5. The summed E-state index contributed by atoms with van der Waals surface area (Å²) in [6.07, 6.45) is 14.3. The molecule has 0 spiro atoms.